The Bertz CT molecular complexity index is 739. The summed E-state index contributed by atoms with van der Waals surface area (Å²) in [5.74, 6) is -1.46. The topological polar surface area (TPSA) is 99.8 Å². The number of carbonyl (C=O) groups excluding carboxylic acids is 1. The molecule has 0 amide bonds. The van der Waals surface area contributed by atoms with Crippen LogP contribution in [-0.2, 0) is 20.9 Å². The van der Waals surface area contributed by atoms with Crippen LogP contribution in [0, 0.1) is 11.3 Å². The number of ether oxygens (including phenoxy) is 2. The second-order valence-electron chi connectivity index (χ2n) is 6.31. The summed E-state index contributed by atoms with van der Waals surface area (Å²) in [5.41, 5.74) is -0.597. The molecular weight excluding hydrogens is 322 g/mol. The number of methoxy groups -OCH3 is 1. The minimum absolute atomic E-state index is 0.0895. The minimum atomic E-state index is -1.28. The molecule has 1 aromatic carbocycles. The Hall–Kier alpha value is -2.44. The molecule has 0 aromatic heterocycles. The van der Waals surface area contributed by atoms with Crippen LogP contribution in [0.4, 0.5) is 0 Å². The van der Waals surface area contributed by atoms with Crippen molar-refractivity contribution in [1.82, 2.24) is 0 Å². The van der Waals surface area contributed by atoms with Crippen molar-refractivity contribution in [2.24, 2.45) is 5.92 Å². The first-order valence-electron chi connectivity index (χ1n) is 8.12. The van der Waals surface area contributed by atoms with Gasteiger partial charge in [0, 0.05) is 25.9 Å². The summed E-state index contributed by atoms with van der Waals surface area (Å²) in [6.45, 7) is 0.121. The predicted octanol–water partition coefficient (Wildman–Crippen LogP) is 2.29. The number of ketones is 1. The molecule has 0 radical (unpaired) electrons. The van der Waals surface area contributed by atoms with Gasteiger partial charge in [0.15, 0.2) is 0 Å². The Balaban J connectivity index is 1.84. The summed E-state index contributed by atoms with van der Waals surface area (Å²) in [5, 5.41) is 28.3. The van der Waals surface area contributed by atoms with Crippen LogP contribution in [0.25, 0.3) is 0 Å². The second-order valence-corrected chi connectivity index (χ2v) is 6.31. The molecule has 0 saturated heterocycles. The quantitative estimate of drug-likeness (QED) is 0.442. The van der Waals surface area contributed by atoms with Gasteiger partial charge in [-0.2, -0.15) is 0 Å². The highest BCUT2D eigenvalue weighted by Gasteiger charge is 2.53. The Morgan fingerprint density at radius 3 is 2.72 bits per heavy atom. The van der Waals surface area contributed by atoms with Gasteiger partial charge in [-0.15, -0.1) is 0 Å². The first kappa shape index (κ1) is 17.4. The lowest BCUT2D eigenvalue weighted by Gasteiger charge is -2.43. The van der Waals surface area contributed by atoms with Crippen LogP contribution < -0.4 is 0 Å². The number of carbonyl (C=O) groups is 1. The van der Waals surface area contributed by atoms with Gasteiger partial charge in [-0.05, 0) is 5.56 Å². The van der Waals surface area contributed by atoms with Crippen molar-refractivity contribution in [3.05, 3.63) is 59.4 Å². The van der Waals surface area contributed by atoms with Gasteiger partial charge in [0.25, 0.3) is 0 Å². The van der Waals surface area contributed by atoms with Gasteiger partial charge in [-0.3, -0.25) is 10.2 Å². The van der Waals surface area contributed by atoms with E-state index in [1.54, 1.807) is 12.2 Å². The number of hydrogen-bond acceptors (Lipinski definition) is 6. The van der Waals surface area contributed by atoms with Crippen LogP contribution in [0.1, 0.15) is 18.4 Å². The van der Waals surface area contributed by atoms with E-state index >= 15 is 0 Å². The van der Waals surface area contributed by atoms with E-state index in [0.717, 1.165) is 5.56 Å². The normalized spacial score (nSPS) is 28.6. The third kappa shape index (κ3) is 3.10. The largest absolute Gasteiger partial charge is 0.511 e. The number of aliphatic hydroxyl groups is 2. The smallest absolute Gasteiger partial charge is 0.220 e. The maximum atomic E-state index is 13.0. The van der Waals surface area contributed by atoms with Crippen molar-refractivity contribution in [2.45, 2.75) is 31.2 Å². The molecule has 3 atom stereocenters. The summed E-state index contributed by atoms with van der Waals surface area (Å²) in [6.07, 6.45) is 2.74. The number of Topliss-reactive ketones (excluding diaryl/α,β-unsaturated/α-hetero) is 1. The van der Waals surface area contributed by atoms with Crippen LogP contribution in [0.3, 0.4) is 0 Å². The maximum Gasteiger partial charge on any atom is 0.220 e. The molecule has 2 aliphatic carbocycles. The van der Waals surface area contributed by atoms with Crippen LogP contribution in [0.5, 0.6) is 0 Å². The van der Waals surface area contributed by atoms with Crippen LogP contribution in [0.2, 0.25) is 0 Å². The van der Waals surface area contributed by atoms with Crippen molar-refractivity contribution in [1.29, 1.82) is 5.41 Å². The van der Waals surface area contributed by atoms with Gasteiger partial charge < -0.3 is 19.7 Å². The molecule has 1 unspecified atom stereocenters. The molecule has 0 bridgehead atoms. The Morgan fingerprint density at radius 2 is 2.04 bits per heavy atom. The monoisotopic (exact) mass is 343 g/mol. The lowest BCUT2D eigenvalue weighted by Crippen LogP contribution is -2.55. The summed E-state index contributed by atoms with van der Waals surface area (Å²) < 4.78 is 10.9. The highest BCUT2D eigenvalue weighted by Crippen LogP contribution is 2.43. The van der Waals surface area contributed by atoms with E-state index in [1.807, 2.05) is 30.3 Å². The molecule has 2 aliphatic rings. The number of fused-ring (bicyclic) bond motifs is 1. The standard InChI is InChI=1S/C19H21NO5/c1-24-19-10-14(21)8-7-13(19)9-15(22)16(17(19)23)18(20)25-11-12-5-3-2-4-6-12/h2-8,13-14,20-22H,9-11H2,1H3/t13?,14-,19-/m1/s1. The summed E-state index contributed by atoms with van der Waals surface area (Å²) in [7, 11) is 1.41. The summed E-state index contributed by atoms with van der Waals surface area (Å²) in [4.78, 5) is 13.0. The molecule has 132 valence electrons. The third-order valence-corrected chi connectivity index (χ3v) is 4.81. The first-order valence-corrected chi connectivity index (χ1v) is 8.12. The number of benzene rings is 1. The highest BCUT2D eigenvalue weighted by molar-refractivity contribution is 6.22. The van der Waals surface area contributed by atoms with Gasteiger partial charge >= 0.3 is 0 Å². The van der Waals surface area contributed by atoms with E-state index in [4.69, 9.17) is 14.9 Å². The molecule has 1 aromatic rings. The number of nitrogens with one attached hydrogen (secondary N) is 1. The molecular formula is C19H21NO5. The van der Waals surface area contributed by atoms with Gasteiger partial charge in [-0.1, -0.05) is 42.5 Å². The Morgan fingerprint density at radius 1 is 1.32 bits per heavy atom. The number of allylic oxidation sites excluding steroid dienone is 1. The number of rotatable bonds is 4. The molecule has 0 heterocycles. The van der Waals surface area contributed by atoms with Crippen molar-refractivity contribution < 1.29 is 24.5 Å². The van der Waals surface area contributed by atoms with Crippen LogP contribution >= 0.6 is 0 Å². The average molecular weight is 343 g/mol. The third-order valence-electron chi connectivity index (χ3n) is 4.81. The van der Waals surface area contributed by atoms with E-state index in [9.17, 15) is 15.0 Å². The maximum absolute atomic E-state index is 13.0. The Labute approximate surface area is 145 Å². The number of aliphatic hydroxyl groups excluding tert-OH is 2. The van der Waals surface area contributed by atoms with Crippen molar-refractivity contribution in [2.75, 3.05) is 7.11 Å². The molecule has 3 N–H and O–H groups in total. The fourth-order valence-electron chi connectivity index (χ4n) is 3.46. The van der Waals surface area contributed by atoms with E-state index in [2.05, 4.69) is 0 Å². The molecule has 0 saturated carbocycles. The van der Waals surface area contributed by atoms with Gasteiger partial charge in [0.1, 0.15) is 23.5 Å². The molecule has 6 heteroatoms. The highest BCUT2D eigenvalue weighted by atomic mass is 16.5. The predicted molar refractivity (Wildman–Crippen MR) is 91.2 cm³/mol. The van der Waals surface area contributed by atoms with Crippen LogP contribution in [-0.4, -0.2) is 40.7 Å². The molecule has 6 nitrogen and oxygen atoms in total. The van der Waals surface area contributed by atoms with Crippen LogP contribution in [0.15, 0.2) is 53.8 Å². The van der Waals surface area contributed by atoms with E-state index < -0.39 is 17.5 Å². The van der Waals surface area contributed by atoms with E-state index in [1.165, 1.54) is 7.11 Å². The average Bonchev–Trinajstić information content (AvgIpc) is 2.61. The molecule has 0 spiro atoms. The zero-order valence-electron chi connectivity index (χ0n) is 13.9. The summed E-state index contributed by atoms with van der Waals surface area (Å²) >= 11 is 0. The van der Waals surface area contributed by atoms with Crippen molar-refractivity contribution >= 4 is 11.7 Å². The molecule has 3 rings (SSSR count). The molecule has 25 heavy (non-hydrogen) atoms. The van der Waals surface area contributed by atoms with Crippen molar-refractivity contribution in [3.8, 4) is 0 Å². The fourth-order valence-corrected chi connectivity index (χ4v) is 3.46. The minimum Gasteiger partial charge on any atom is -0.511 e. The lowest BCUT2D eigenvalue weighted by atomic mass is 9.68. The van der Waals surface area contributed by atoms with Crippen molar-refractivity contribution in [3.63, 3.8) is 0 Å². The molecule has 0 fully saturated rings. The fraction of sp³-hybridized carbons (Fsp3) is 0.368. The lowest BCUT2D eigenvalue weighted by molar-refractivity contribution is -0.149. The summed E-state index contributed by atoms with van der Waals surface area (Å²) in [6, 6.07) is 9.27. The first-order chi connectivity index (χ1) is 12.0. The zero-order chi connectivity index (χ0) is 18.0. The van der Waals surface area contributed by atoms with Gasteiger partial charge in [0.05, 0.1) is 6.10 Å². The second kappa shape index (κ2) is 6.82. The Kier molecular flexibility index (Phi) is 4.74. The van der Waals surface area contributed by atoms with E-state index in [0.29, 0.717) is 0 Å². The molecule has 0 aliphatic heterocycles. The SMILES string of the molecule is CO[C@]12C[C@H](O)C=CC1CC(O)=C(C(=N)OCc1ccccc1)C2=O. The van der Waals surface area contributed by atoms with Gasteiger partial charge in [-0.25, -0.2) is 0 Å². The zero-order valence-corrected chi connectivity index (χ0v) is 13.9. The number of hydrogen-bond donors (Lipinski definition) is 3. The van der Waals surface area contributed by atoms with E-state index in [-0.39, 0.29) is 42.6 Å². The van der Waals surface area contributed by atoms with Gasteiger partial charge in [0.2, 0.25) is 11.7 Å².